The fourth-order valence-corrected chi connectivity index (χ4v) is 7.50. The van der Waals surface area contributed by atoms with Crippen molar-refractivity contribution < 1.29 is 9.90 Å². The third-order valence-electron chi connectivity index (χ3n) is 9.06. The van der Waals surface area contributed by atoms with E-state index in [0.29, 0.717) is 30.0 Å². The third kappa shape index (κ3) is 1.94. The number of aromatic nitrogens is 2. The summed E-state index contributed by atoms with van der Waals surface area (Å²) >= 11 is 0. The first-order chi connectivity index (χ1) is 12.4. The Hall–Kier alpha value is -1.42. The van der Waals surface area contributed by atoms with E-state index >= 15 is 0 Å². The summed E-state index contributed by atoms with van der Waals surface area (Å²) in [4.78, 5) is 19.3. The van der Waals surface area contributed by atoms with Crippen LogP contribution in [0.25, 0.3) is 0 Å². The van der Waals surface area contributed by atoms with E-state index in [-0.39, 0.29) is 10.8 Å². The van der Waals surface area contributed by atoms with E-state index in [1.165, 1.54) is 12.0 Å². The maximum absolute atomic E-state index is 12.0. The molecule has 0 saturated heterocycles. The van der Waals surface area contributed by atoms with Gasteiger partial charge in [0.2, 0.25) is 0 Å². The van der Waals surface area contributed by atoms with Gasteiger partial charge in [0.1, 0.15) is 5.60 Å². The maximum atomic E-state index is 12.0. The standard InChI is InChI=1S/C22H30N2O2/c1-20-8-5-15(25)11-14(20)3-4-16-17(20)6-9-21(2)18(16)7-10-22(21,26)19-12-23-13-24-19/h11-13,16-18,26H,3-10H2,1-2H3,(H,23,24)/t16?,17?,18?,20-,21-,22-/m0/s1. The zero-order chi connectivity index (χ0) is 18.2. The lowest BCUT2D eigenvalue weighted by Crippen LogP contribution is -2.53. The smallest absolute Gasteiger partial charge is 0.155 e. The monoisotopic (exact) mass is 354 g/mol. The van der Waals surface area contributed by atoms with Crippen LogP contribution in [0.3, 0.4) is 0 Å². The zero-order valence-electron chi connectivity index (χ0n) is 15.9. The fraction of sp³-hybridized carbons (Fsp3) is 0.727. The molecular weight excluding hydrogens is 324 g/mol. The highest BCUT2D eigenvalue weighted by Crippen LogP contribution is 2.69. The molecule has 0 bridgehead atoms. The molecule has 6 atom stereocenters. The van der Waals surface area contributed by atoms with Crippen molar-refractivity contribution in [1.82, 2.24) is 9.97 Å². The van der Waals surface area contributed by atoms with Gasteiger partial charge in [-0.2, -0.15) is 0 Å². The molecule has 0 aliphatic heterocycles. The Labute approximate surface area is 155 Å². The topological polar surface area (TPSA) is 66.0 Å². The highest BCUT2D eigenvalue weighted by Gasteiger charge is 2.64. The number of aliphatic hydroxyl groups is 1. The van der Waals surface area contributed by atoms with Crippen LogP contribution in [0.5, 0.6) is 0 Å². The minimum Gasteiger partial charge on any atom is -0.383 e. The molecule has 4 heteroatoms. The molecule has 2 N–H and O–H groups in total. The number of nitrogens with zero attached hydrogens (tertiary/aromatic N) is 1. The quantitative estimate of drug-likeness (QED) is 0.797. The number of carbonyl (C=O) groups is 1. The lowest BCUT2D eigenvalue weighted by molar-refractivity contribution is -0.135. The molecule has 1 aromatic rings. The summed E-state index contributed by atoms with van der Waals surface area (Å²) in [7, 11) is 0. The molecule has 1 aromatic heterocycles. The van der Waals surface area contributed by atoms with Crippen LogP contribution < -0.4 is 0 Å². The van der Waals surface area contributed by atoms with Crippen LogP contribution in [0.4, 0.5) is 0 Å². The van der Waals surface area contributed by atoms with Crippen molar-refractivity contribution in [2.75, 3.05) is 0 Å². The van der Waals surface area contributed by atoms with Crippen LogP contribution in [0.2, 0.25) is 0 Å². The highest BCUT2D eigenvalue weighted by atomic mass is 16.3. The van der Waals surface area contributed by atoms with Crippen LogP contribution in [-0.2, 0) is 10.4 Å². The van der Waals surface area contributed by atoms with E-state index in [9.17, 15) is 9.90 Å². The number of imidazole rings is 1. The summed E-state index contributed by atoms with van der Waals surface area (Å²) in [5, 5.41) is 11.7. The van der Waals surface area contributed by atoms with Gasteiger partial charge in [-0.3, -0.25) is 4.79 Å². The van der Waals surface area contributed by atoms with E-state index in [0.717, 1.165) is 44.2 Å². The summed E-state index contributed by atoms with van der Waals surface area (Å²) in [5.74, 6) is 2.22. The summed E-state index contributed by atoms with van der Waals surface area (Å²) in [6, 6.07) is 0. The molecule has 0 amide bonds. The fourth-order valence-electron chi connectivity index (χ4n) is 7.50. The van der Waals surface area contributed by atoms with Gasteiger partial charge in [0.25, 0.3) is 0 Å². The Balaban J connectivity index is 1.51. The Kier molecular flexibility index (Phi) is 3.42. The lowest BCUT2D eigenvalue weighted by Gasteiger charge is -2.59. The summed E-state index contributed by atoms with van der Waals surface area (Å²) in [5.41, 5.74) is 1.65. The van der Waals surface area contributed by atoms with Crippen LogP contribution >= 0.6 is 0 Å². The van der Waals surface area contributed by atoms with E-state index in [2.05, 4.69) is 23.8 Å². The van der Waals surface area contributed by atoms with Crippen molar-refractivity contribution in [2.45, 2.75) is 70.8 Å². The number of fused-ring (bicyclic) bond motifs is 5. The second-order valence-electron chi connectivity index (χ2n) is 9.79. The molecule has 3 fully saturated rings. The zero-order valence-corrected chi connectivity index (χ0v) is 15.9. The second-order valence-corrected chi connectivity index (χ2v) is 9.79. The van der Waals surface area contributed by atoms with E-state index in [1.54, 1.807) is 6.33 Å². The maximum Gasteiger partial charge on any atom is 0.155 e. The van der Waals surface area contributed by atoms with Gasteiger partial charge in [0.15, 0.2) is 5.78 Å². The van der Waals surface area contributed by atoms with Crippen molar-refractivity contribution in [1.29, 1.82) is 0 Å². The van der Waals surface area contributed by atoms with Crippen molar-refractivity contribution in [2.24, 2.45) is 28.6 Å². The average Bonchev–Trinajstić information content (AvgIpc) is 3.24. The van der Waals surface area contributed by atoms with Gasteiger partial charge in [0.05, 0.1) is 18.2 Å². The van der Waals surface area contributed by atoms with Gasteiger partial charge < -0.3 is 10.1 Å². The predicted molar refractivity (Wildman–Crippen MR) is 99.2 cm³/mol. The summed E-state index contributed by atoms with van der Waals surface area (Å²) < 4.78 is 0. The first kappa shape index (κ1) is 16.7. The van der Waals surface area contributed by atoms with Gasteiger partial charge in [-0.25, -0.2) is 4.98 Å². The van der Waals surface area contributed by atoms with Crippen LogP contribution in [0.1, 0.15) is 70.9 Å². The molecule has 3 unspecified atom stereocenters. The average molecular weight is 354 g/mol. The predicted octanol–water partition coefficient (Wildman–Crippen LogP) is 4.13. The molecule has 4 nitrogen and oxygen atoms in total. The first-order valence-corrected chi connectivity index (χ1v) is 10.3. The third-order valence-corrected chi connectivity index (χ3v) is 9.06. The van der Waals surface area contributed by atoms with Crippen molar-refractivity contribution in [3.8, 4) is 0 Å². The molecule has 0 spiro atoms. The number of hydrogen-bond donors (Lipinski definition) is 2. The summed E-state index contributed by atoms with van der Waals surface area (Å²) in [6.07, 6.45) is 13.6. The Morgan fingerprint density at radius 1 is 1.12 bits per heavy atom. The van der Waals surface area contributed by atoms with Gasteiger partial charge >= 0.3 is 0 Å². The van der Waals surface area contributed by atoms with E-state index in [4.69, 9.17) is 0 Å². The molecular formula is C22H30N2O2. The van der Waals surface area contributed by atoms with Gasteiger partial charge in [-0.15, -0.1) is 0 Å². The molecule has 140 valence electrons. The molecule has 26 heavy (non-hydrogen) atoms. The molecule has 4 aliphatic rings. The van der Waals surface area contributed by atoms with Crippen molar-refractivity contribution in [3.63, 3.8) is 0 Å². The number of H-pyrrole nitrogens is 1. The minimum atomic E-state index is -0.779. The van der Waals surface area contributed by atoms with E-state index < -0.39 is 5.60 Å². The number of ketones is 1. The van der Waals surface area contributed by atoms with E-state index in [1.807, 2.05) is 12.3 Å². The molecule has 0 radical (unpaired) electrons. The van der Waals surface area contributed by atoms with Gasteiger partial charge in [-0.05, 0) is 74.2 Å². The van der Waals surface area contributed by atoms with Crippen LogP contribution in [0.15, 0.2) is 24.2 Å². The number of hydrogen-bond acceptors (Lipinski definition) is 3. The number of rotatable bonds is 1. The van der Waals surface area contributed by atoms with Gasteiger partial charge in [-0.1, -0.05) is 19.4 Å². The van der Waals surface area contributed by atoms with Crippen molar-refractivity contribution in [3.05, 3.63) is 29.9 Å². The van der Waals surface area contributed by atoms with Crippen LogP contribution in [-0.4, -0.2) is 20.9 Å². The second kappa shape index (κ2) is 5.31. The largest absolute Gasteiger partial charge is 0.383 e. The van der Waals surface area contributed by atoms with Gasteiger partial charge in [0, 0.05) is 11.8 Å². The molecule has 4 aliphatic carbocycles. The Morgan fingerprint density at radius 2 is 1.92 bits per heavy atom. The summed E-state index contributed by atoms with van der Waals surface area (Å²) in [6.45, 7) is 4.74. The minimum absolute atomic E-state index is 0.0806. The first-order valence-electron chi connectivity index (χ1n) is 10.3. The molecule has 5 rings (SSSR count). The lowest BCUT2D eigenvalue weighted by atomic mass is 9.46. The molecule has 1 heterocycles. The Bertz CT molecular complexity index is 769. The number of allylic oxidation sites excluding steroid dienone is 1. The Morgan fingerprint density at radius 3 is 2.69 bits per heavy atom. The normalized spacial score (nSPS) is 47.7. The highest BCUT2D eigenvalue weighted by molar-refractivity contribution is 5.91. The number of aromatic amines is 1. The van der Waals surface area contributed by atoms with Crippen LogP contribution in [0, 0.1) is 28.6 Å². The molecule has 0 aromatic carbocycles. The SMILES string of the molecule is C[C@]12CCC(=O)C=C1CCC1C2CC[C@@]2(C)C1CC[C@]2(O)c1cnc[nH]1. The number of carbonyl (C=O) groups excluding carboxylic acids is 1. The number of nitrogens with one attached hydrogen (secondary N) is 1. The van der Waals surface area contributed by atoms with Crippen molar-refractivity contribution >= 4 is 5.78 Å². The molecule has 3 saturated carbocycles.